The molecule has 4 rings (SSSR count). The van der Waals surface area contributed by atoms with Crippen molar-refractivity contribution in [3.05, 3.63) is 18.5 Å². The second kappa shape index (κ2) is 6.07. The lowest BCUT2D eigenvalue weighted by Crippen LogP contribution is -2.56. The van der Waals surface area contributed by atoms with E-state index in [1.54, 1.807) is 12.4 Å². The molecular weight excluding hydrogens is 290 g/mol. The van der Waals surface area contributed by atoms with Gasteiger partial charge in [0.2, 0.25) is 11.9 Å². The maximum absolute atomic E-state index is 13.2. The molecule has 1 aromatic heterocycles. The number of anilines is 1. The zero-order valence-electron chi connectivity index (χ0n) is 13.6. The number of amides is 1. The fourth-order valence-corrected chi connectivity index (χ4v) is 4.55. The first-order valence-electron chi connectivity index (χ1n) is 8.82. The maximum Gasteiger partial charge on any atom is 0.230 e. The van der Waals surface area contributed by atoms with Crippen LogP contribution in [0.3, 0.4) is 0 Å². The summed E-state index contributed by atoms with van der Waals surface area (Å²) in [5.74, 6) is 1.70. The topological polar surface area (TPSA) is 61.4 Å². The second-order valence-electron chi connectivity index (χ2n) is 7.06. The first kappa shape index (κ1) is 14.9. The quantitative estimate of drug-likeness (QED) is 0.879. The molecule has 1 N–H and O–H groups in total. The Hall–Kier alpha value is -1.69. The normalized spacial score (nSPS) is 31.0. The van der Waals surface area contributed by atoms with Gasteiger partial charge in [0.05, 0.1) is 5.41 Å². The van der Waals surface area contributed by atoms with Crippen LogP contribution in [0.2, 0.25) is 0 Å². The zero-order chi connectivity index (χ0) is 15.7. The molecule has 2 aliphatic heterocycles. The Labute approximate surface area is 137 Å². The summed E-state index contributed by atoms with van der Waals surface area (Å²) in [7, 11) is 0. The Balaban J connectivity index is 1.43. The smallest absolute Gasteiger partial charge is 0.230 e. The SMILES string of the molecule is O=C(N1CCN(c2ncccn2)CC1)[C@@]12CCCC[C@H]1CNC2. The Bertz CT molecular complexity index is 557. The molecule has 1 aliphatic carbocycles. The summed E-state index contributed by atoms with van der Waals surface area (Å²) in [6, 6.07) is 1.83. The van der Waals surface area contributed by atoms with Gasteiger partial charge < -0.3 is 15.1 Å². The van der Waals surface area contributed by atoms with Crippen LogP contribution in [-0.4, -0.2) is 60.0 Å². The van der Waals surface area contributed by atoms with Gasteiger partial charge in [0, 0.05) is 45.1 Å². The van der Waals surface area contributed by atoms with Crippen LogP contribution >= 0.6 is 0 Å². The van der Waals surface area contributed by atoms with Crippen LogP contribution in [0.15, 0.2) is 18.5 Å². The fourth-order valence-electron chi connectivity index (χ4n) is 4.55. The van der Waals surface area contributed by atoms with Crippen molar-refractivity contribution in [2.24, 2.45) is 11.3 Å². The molecule has 1 saturated carbocycles. The van der Waals surface area contributed by atoms with Crippen molar-refractivity contribution in [3.8, 4) is 0 Å². The molecule has 6 heteroatoms. The van der Waals surface area contributed by atoms with Gasteiger partial charge in [-0.1, -0.05) is 12.8 Å². The maximum atomic E-state index is 13.2. The minimum atomic E-state index is -0.121. The van der Waals surface area contributed by atoms with E-state index in [9.17, 15) is 4.79 Å². The molecule has 3 fully saturated rings. The lowest BCUT2D eigenvalue weighted by atomic mass is 9.67. The highest BCUT2D eigenvalue weighted by molar-refractivity contribution is 5.84. The minimum Gasteiger partial charge on any atom is -0.339 e. The van der Waals surface area contributed by atoms with Gasteiger partial charge in [-0.25, -0.2) is 9.97 Å². The number of nitrogens with zero attached hydrogens (tertiary/aromatic N) is 4. The molecule has 2 atom stereocenters. The molecule has 1 amide bonds. The molecule has 0 unspecified atom stereocenters. The van der Waals surface area contributed by atoms with Crippen molar-refractivity contribution in [2.75, 3.05) is 44.2 Å². The van der Waals surface area contributed by atoms with Crippen LogP contribution < -0.4 is 10.2 Å². The molecule has 0 aromatic carbocycles. The second-order valence-corrected chi connectivity index (χ2v) is 7.06. The van der Waals surface area contributed by atoms with Gasteiger partial charge in [-0.2, -0.15) is 0 Å². The number of piperazine rings is 1. The summed E-state index contributed by atoms with van der Waals surface area (Å²) in [6.07, 6.45) is 8.29. The van der Waals surface area contributed by atoms with Crippen molar-refractivity contribution in [3.63, 3.8) is 0 Å². The van der Waals surface area contributed by atoms with E-state index in [0.717, 1.165) is 51.6 Å². The lowest BCUT2D eigenvalue weighted by Gasteiger charge is -2.43. The van der Waals surface area contributed by atoms with Crippen LogP contribution in [0.5, 0.6) is 0 Å². The highest BCUT2D eigenvalue weighted by Gasteiger charge is 2.51. The minimum absolute atomic E-state index is 0.121. The molecule has 0 bridgehead atoms. The number of nitrogens with one attached hydrogen (secondary N) is 1. The van der Waals surface area contributed by atoms with Crippen molar-refractivity contribution >= 4 is 11.9 Å². The first-order valence-corrected chi connectivity index (χ1v) is 8.82. The van der Waals surface area contributed by atoms with Gasteiger partial charge in [0.15, 0.2) is 0 Å². The van der Waals surface area contributed by atoms with E-state index in [1.807, 2.05) is 6.07 Å². The van der Waals surface area contributed by atoms with Crippen molar-refractivity contribution < 1.29 is 4.79 Å². The number of aromatic nitrogens is 2. The van der Waals surface area contributed by atoms with Gasteiger partial charge in [-0.3, -0.25) is 4.79 Å². The molecule has 124 valence electrons. The number of hydrogen-bond donors (Lipinski definition) is 1. The van der Waals surface area contributed by atoms with Crippen molar-refractivity contribution in [1.82, 2.24) is 20.2 Å². The number of rotatable bonds is 2. The van der Waals surface area contributed by atoms with Crippen LogP contribution in [-0.2, 0) is 4.79 Å². The Kier molecular flexibility index (Phi) is 3.93. The predicted octanol–water partition coefficient (Wildman–Crippen LogP) is 0.905. The van der Waals surface area contributed by atoms with Crippen LogP contribution in [0.4, 0.5) is 5.95 Å². The van der Waals surface area contributed by atoms with E-state index in [-0.39, 0.29) is 5.41 Å². The molecule has 23 heavy (non-hydrogen) atoms. The van der Waals surface area contributed by atoms with E-state index in [4.69, 9.17) is 0 Å². The van der Waals surface area contributed by atoms with Crippen molar-refractivity contribution in [2.45, 2.75) is 25.7 Å². The Morgan fingerprint density at radius 2 is 1.96 bits per heavy atom. The van der Waals surface area contributed by atoms with Gasteiger partial charge >= 0.3 is 0 Å². The number of carbonyl (C=O) groups excluding carboxylic acids is 1. The van der Waals surface area contributed by atoms with Crippen LogP contribution in [0.25, 0.3) is 0 Å². The third kappa shape index (κ3) is 2.59. The monoisotopic (exact) mass is 315 g/mol. The summed E-state index contributed by atoms with van der Waals surface area (Å²) in [6.45, 7) is 5.10. The van der Waals surface area contributed by atoms with Crippen LogP contribution in [0.1, 0.15) is 25.7 Å². The van der Waals surface area contributed by atoms with Crippen LogP contribution in [0, 0.1) is 11.3 Å². The summed E-state index contributed by atoms with van der Waals surface area (Å²) >= 11 is 0. The molecule has 2 saturated heterocycles. The van der Waals surface area contributed by atoms with Gasteiger partial charge in [0.1, 0.15) is 0 Å². The molecule has 0 radical (unpaired) electrons. The molecule has 3 heterocycles. The van der Waals surface area contributed by atoms with E-state index in [0.29, 0.717) is 11.8 Å². The van der Waals surface area contributed by atoms with E-state index in [2.05, 4.69) is 25.1 Å². The molecule has 0 spiro atoms. The molecule has 6 nitrogen and oxygen atoms in total. The highest BCUT2D eigenvalue weighted by Crippen LogP contribution is 2.45. The zero-order valence-corrected chi connectivity index (χ0v) is 13.6. The summed E-state index contributed by atoms with van der Waals surface area (Å²) in [5, 5.41) is 3.48. The predicted molar refractivity (Wildman–Crippen MR) is 88.1 cm³/mol. The van der Waals surface area contributed by atoms with E-state index < -0.39 is 0 Å². The largest absolute Gasteiger partial charge is 0.339 e. The Morgan fingerprint density at radius 1 is 1.17 bits per heavy atom. The van der Waals surface area contributed by atoms with Gasteiger partial charge in [-0.15, -0.1) is 0 Å². The number of carbonyl (C=O) groups is 1. The van der Waals surface area contributed by atoms with E-state index >= 15 is 0 Å². The summed E-state index contributed by atoms with van der Waals surface area (Å²) < 4.78 is 0. The highest BCUT2D eigenvalue weighted by atomic mass is 16.2. The number of hydrogen-bond acceptors (Lipinski definition) is 5. The lowest BCUT2D eigenvalue weighted by molar-refractivity contribution is -0.145. The fraction of sp³-hybridized carbons (Fsp3) is 0.706. The summed E-state index contributed by atoms with van der Waals surface area (Å²) in [4.78, 5) is 26.1. The average Bonchev–Trinajstić information content (AvgIpc) is 3.07. The molecular formula is C17H25N5O. The average molecular weight is 315 g/mol. The standard InChI is InChI=1S/C17H25N5O/c23-15(17-5-2-1-4-14(17)12-18-13-17)21-8-10-22(11-9-21)16-19-6-3-7-20-16/h3,6-7,14,18H,1-2,4-5,8-13H2/t14-,17+/m0/s1. The van der Waals surface area contributed by atoms with Crippen molar-refractivity contribution in [1.29, 1.82) is 0 Å². The third-order valence-corrected chi connectivity index (χ3v) is 5.87. The van der Waals surface area contributed by atoms with Gasteiger partial charge in [0.25, 0.3) is 0 Å². The first-order chi connectivity index (χ1) is 11.3. The third-order valence-electron chi connectivity index (χ3n) is 5.87. The van der Waals surface area contributed by atoms with E-state index in [1.165, 1.54) is 19.3 Å². The van der Waals surface area contributed by atoms with Gasteiger partial charge in [-0.05, 0) is 31.4 Å². The number of fused-ring (bicyclic) bond motifs is 1. The summed E-state index contributed by atoms with van der Waals surface area (Å²) in [5.41, 5.74) is -0.121. The Morgan fingerprint density at radius 3 is 2.74 bits per heavy atom. The molecule has 1 aromatic rings. The molecule has 3 aliphatic rings.